The summed E-state index contributed by atoms with van der Waals surface area (Å²) < 4.78 is 11.2. The average molecular weight is 374 g/mol. The van der Waals surface area contributed by atoms with Gasteiger partial charge in [0.05, 0.1) is 12.7 Å². The van der Waals surface area contributed by atoms with Crippen LogP contribution in [0.15, 0.2) is 22.5 Å². The van der Waals surface area contributed by atoms with Crippen LogP contribution in [0, 0.1) is 22.7 Å². The van der Waals surface area contributed by atoms with Gasteiger partial charge in [-0.15, -0.1) is 0 Å². The van der Waals surface area contributed by atoms with Crippen molar-refractivity contribution < 1.29 is 29.0 Å². The molecule has 4 aliphatic rings. The van der Waals surface area contributed by atoms with Gasteiger partial charge in [-0.05, 0) is 31.1 Å². The number of aliphatic hydroxyl groups is 1. The van der Waals surface area contributed by atoms with E-state index in [1.54, 1.807) is 13.8 Å². The number of ketones is 2. The van der Waals surface area contributed by atoms with E-state index < -0.39 is 29.1 Å². The molecule has 2 bridgehead atoms. The molecule has 0 unspecified atom stereocenters. The topological polar surface area (TPSA) is 89.9 Å². The van der Waals surface area contributed by atoms with Gasteiger partial charge in [0.25, 0.3) is 0 Å². The van der Waals surface area contributed by atoms with Crippen LogP contribution < -0.4 is 0 Å². The number of ether oxygens (including phenoxy) is 2. The van der Waals surface area contributed by atoms with Crippen molar-refractivity contribution >= 4 is 17.5 Å². The van der Waals surface area contributed by atoms with Crippen LogP contribution in [0.4, 0.5) is 0 Å². The van der Waals surface area contributed by atoms with E-state index in [9.17, 15) is 19.5 Å². The molecule has 4 atom stereocenters. The first kappa shape index (κ1) is 18.4. The van der Waals surface area contributed by atoms with Gasteiger partial charge in [-0.25, -0.2) is 0 Å². The zero-order valence-electron chi connectivity index (χ0n) is 16.3. The Bertz CT molecular complexity index is 819. The Morgan fingerprint density at radius 1 is 1.19 bits per heavy atom. The van der Waals surface area contributed by atoms with Gasteiger partial charge in [0.15, 0.2) is 0 Å². The van der Waals surface area contributed by atoms with Crippen molar-refractivity contribution in [3.05, 3.63) is 22.5 Å². The van der Waals surface area contributed by atoms with E-state index in [2.05, 4.69) is 6.92 Å². The fourth-order valence-corrected chi connectivity index (χ4v) is 5.94. The Hall–Kier alpha value is -1.95. The van der Waals surface area contributed by atoms with Gasteiger partial charge in [0.1, 0.15) is 11.2 Å². The van der Waals surface area contributed by atoms with Gasteiger partial charge in [-0.2, -0.15) is 0 Å². The van der Waals surface area contributed by atoms with E-state index >= 15 is 0 Å². The third-order valence-corrected chi connectivity index (χ3v) is 7.19. The summed E-state index contributed by atoms with van der Waals surface area (Å²) in [5, 5.41) is 11.0. The molecule has 0 radical (unpaired) electrons. The van der Waals surface area contributed by atoms with Crippen LogP contribution in [-0.4, -0.2) is 42.5 Å². The number of allylic oxidation sites excluding steroid dienone is 1. The molecular formula is C21H26O6. The predicted octanol–water partition coefficient (Wildman–Crippen LogP) is 2.67. The molecule has 0 amide bonds. The Morgan fingerprint density at radius 2 is 1.89 bits per heavy atom. The number of hydrogen-bond acceptors (Lipinski definition) is 6. The normalized spacial score (nSPS) is 38.8. The predicted molar refractivity (Wildman–Crippen MR) is 95.8 cm³/mol. The third-order valence-electron chi connectivity index (χ3n) is 7.19. The van der Waals surface area contributed by atoms with Crippen LogP contribution in [0.3, 0.4) is 0 Å². The van der Waals surface area contributed by atoms with Gasteiger partial charge < -0.3 is 14.6 Å². The van der Waals surface area contributed by atoms with Gasteiger partial charge in [0, 0.05) is 29.2 Å². The number of carbonyl (C=O) groups excluding carboxylic acids is 3. The molecule has 1 saturated carbocycles. The van der Waals surface area contributed by atoms with Crippen LogP contribution in [0.25, 0.3) is 0 Å². The molecule has 3 aliphatic carbocycles. The summed E-state index contributed by atoms with van der Waals surface area (Å²) in [6.45, 7) is 5.93. The fraction of sp³-hybridized carbons (Fsp3) is 0.667. The molecule has 6 nitrogen and oxygen atoms in total. The first-order chi connectivity index (χ1) is 12.7. The number of Topliss-reactive ketones (excluding diaryl/α,β-unsaturated/α-hetero) is 2. The smallest absolute Gasteiger partial charge is 0.317 e. The summed E-state index contributed by atoms with van der Waals surface area (Å²) in [5.74, 6) is -2.46. The lowest BCUT2D eigenvalue weighted by atomic mass is 9.46. The molecule has 0 spiro atoms. The number of cyclic esters (lactones) is 1. The Balaban J connectivity index is 2.05. The molecule has 146 valence electrons. The quantitative estimate of drug-likeness (QED) is 0.454. The van der Waals surface area contributed by atoms with Crippen LogP contribution in [0.2, 0.25) is 0 Å². The summed E-state index contributed by atoms with van der Waals surface area (Å²) in [6, 6.07) is 0. The summed E-state index contributed by atoms with van der Waals surface area (Å²) in [5.41, 5.74) is -0.849. The summed E-state index contributed by atoms with van der Waals surface area (Å²) in [4.78, 5) is 39.2. The molecule has 1 saturated heterocycles. The fourth-order valence-electron chi connectivity index (χ4n) is 5.94. The molecule has 0 aromatic rings. The van der Waals surface area contributed by atoms with Gasteiger partial charge >= 0.3 is 5.97 Å². The Labute approximate surface area is 158 Å². The minimum Gasteiger partial charge on any atom is -0.507 e. The zero-order valence-corrected chi connectivity index (χ0v) is 16.3. The van der Waals surface area contributed by atoms with Crippen molar-refractivity contribution in [2.24, 2.45) is 22.7 Å². The average Bonchev–Trinajstić information content (AvgIpc) is 2.62. The number of esters is 1. The first-order valence-electron chi connectivity index (χ1n) is 9.66. The maximum Gasteiger partial charge on any atom is 0.317 e. The highest BCUT2D eigenvalue weighted by Crippen LogP contribution is 2.64. The maximum atomic E-state index is 13.3. The Kier molecular flexibility index (Phi) is 3.94. The number of aliphatic hydroxyl groups excluding tert-OH is 1. The second-order valence-electron chi connectivity index (χ2n) is 8.93. The van der Waals surface area contributed by atoms with Crippen LogP contribution in [-0.2, 0) is 23.9 Å². The maximum absolute atomic E-state index is 13.3. The molecular weight excluding hydrogens is 348 g/mol. The minimum absolute atomic E-state index is 0.110. The summed E-state index contributed by atoms with van der Waals surface area (Å²) in [7, 11) is 1.54. The summed E-state index contributed by atoms with van der Waals surface area (Å²) >= 11 is 0. The highest BCUT2D eigenvalue weighted by Gasteiger charge is 2.67. The van der Waals surface area contributed by atoms with E-state index in [4.69, 9.17) is 9.47 Å². The van der Waals surface area contributed by atoms with E-state index in [1.807, 2.05) is 0 Å². The van der Waals surface area contributed by atoms with Crippen LogP contribution in [0.5, 0.6) is 0 Å². The SMILES string of the molecule is CO[C@@H]1C[C@H]2[C@]3(C)CCC[C@]2(C(=O)OC3)C2=C1C(O)=C(C(C)C)C(=O)C2=O. The van der Waals surface area contributed by atoms with Crippen molar-refractivity contribution in [3.63, 3.8) is 0 Å². The highest BCUT2D eigenvalue weighted by molar-refractivity contribution is 6.51. The second-order valence-corrected chi connectivity index (χ2v) is 8.93. The van der Waals surface area contributed by atoms with Gasteiger partial charge in [0.2, 0.25) is 11.6 Å². The first-order valence-corrected chi connectivity index (χ1v) is 9.66. The lowest BCUT2D eigenvalue weighted by molar-refractivity contribution is -0.195. The van der Waals surface area contributed by atoms with Crippen molar-refractivity contribution in [1.29, 1.82) is 0 Å². The van der Waals surface area contributed by atoms with Gasteiger partial charge in [-0.3, -0.25) is 14.4 Å². The monoisotopic (exact) mass is 374 g/mol. The second kappa shape index (κ2) is 5.77. The van der Waals surface area contributed by atoms with Crippen molar-refractivity contribution in [3.8, 4) is 0 Å². The molecule has 0 aromatic heterocycles. The molecule has 4 rings (SSSR count). The lowest BCUT2D eigenvalue weighted by Crippen LogP contribution is -2.62. The molecule has 0 aromatic carbocycles. The van der Waals surface area contributed by atoms with Crippen molar-refractivity contribution in [2.45, 2.75) is 52.6 Å². The highest BCUT2D eigenvalue weighted by atomic mass is 16.5. The summed E-state index contributed by atoms with van der Waals surface area (Å²) in [6.07, 6.45) is 2.14. The molecule has 1 aliphatic heterocycles. The van der Waals surface area contributed by atoms with Crippen LogP contribution >= 0.6 is 0 Å². The van der Waals surface area contributed by atoms with E-state index in [0.717, 1.165) is 12.8 Å². The zero-order chi connectivity index (χ0) is 19.7. The molecule has 6 heteroatoms. The Morgan fingerprint density at radius 3 is 2.52 bits per heavy atom. The van der Waals surface area contributed by atoms with Crippen molar-refractivity contribution in [1.82, 2.24) is 0 Å². The van der Waals surface area contributed by atoms with Crippen LogP contribution in [0.1, 0.15) is 46.5 Å². The van der Waals surface area contributed by atoms with E-state index in [1.165, 1.54) is 7.11 Å². The lowest BCUT2D eigenvalue weighted by Gasteiger charge is -2.59. The minimum atomic E-state index is -1.15. The van der Waals surface area contributed by atoms with Gasteiger partial charge in [-0.1, -0.05) is 27.2 Å². The molecule has 27 heavy (non-hydrogen) atoms. The standard InChI is InChI=1S/C21H26O6/c1-10(2)13-16(22)14-11(26-4)8-12-20(3)6-5-7-21(12,19(25)27-9-20)15(14)18(24)17(13)23/h10-12,22H,5-9H2,1-4H3/t11-,12+,20-,21-/m1/s1. The molecule has 1 heterocycles. The van der Waals surface area contributed by atoms with E-state index in [-0.39, 0.29) is 34.2 Å². The third kappa shape index (κ3) is 2.13. The number of rotatable bonds is 2. The van der Waals surface area contributed by atoms with E-state index in [0.29, 0.717) is 25.0 Å². The number of carbonyl (C=O) groups is 3. The largest absolute Gasteiger partial charge is 0.507 e. The van der Waals surface area contributed by atoms with Crippen molar-refractivity contribution in [2.75, 3.05) is 13.7 Å². The molecule has 1 N–H and O–H groups in total. The number of methoxy groups -OCH3 is 1. The number of hydrogen-bond donors (Lipinski definition) is 1. The molecule has 2 fully saturated rings.